The molecular weight excluding hydrogens is 785 g/mol. The average Bonchev–Trinajstić information content (AvgIpc) is 3.29. The minimum absolute atomic E-state index is 0.320. The van der Waals surface area contributed by atoms with E-state index in [1.165, 1.54) is 110 Å². The molecule has 64 heavy (non-hydrogen) atoms. The summed E-state index contributed by atoms with van der Waals surface area (Å²) < 4.78 is 0. The molecule has 338 valence electrons. The largest absolute Gasteiger partial charge is 0.508 e. The summed E-state index contributed by atoms with van der Waals surface area (Å²) >= 11 is 0. The molecule has 0 saturated heterocycles. The molecule has 0 radical (unpaired) electrons. The fourth-order valence-corrected chi connectivity index (χ4v) is 13.2. The Bertz CT molecular complexity index is 2190. The van der Waals surface area contributed by atoms with Crippen molar-refractivity contribution in [1.82, 2.24) is 0 Å². The molecule has 4 nitrogen and oxygen atoms in total. The van der Waals surface area contributed by atoms with E-state index in [4.69, 9.17) is 0 Å². The van der Waals surface area contributed by atoms with Crippen molar-refractivity contribution in [3.8, 4) is 67.5 Å². The predicted molar refractivity (Wildman–Crippen MR) is 267 cm³/mol. The van der Waals surface area contributed by atoms with Crippen molar-refractivity contribution in [3.05, 3.63) is 104 Å². The Labute approximate surface area is 384 Å². The normalized spacial score (nSPS) is 18.5. The molecule has 5 aromatic rings. The molecular formula is C60H74O4. The quantitative estimate of drug-likeness (QED) is 0.125. The lowest BCUT2D eigenvalue weighted by Crippen LogP contribution is -2.09. The van der Waals surface area contributed by atoms with Gasteiger partial charge in [0.25, 0.3) is 0 Å². The zero-order valence-corrected chi connectivity index (χ0v) is 39.9. The highest BCUT2D eigenvalue weighted by atomic mass is 16.3. The predicted octanol–water partition coefficient (Wildman–Crippen LogP) is 17.2. The minimum atomic E-state index is 0.320. The average molecular weight is 859 g/mol. The van der Waals surface area contributed by atoms with E-state index in [0.29, 0.717) is 46.7 Å². The monoisotopic (exact) mass is 859 g/mol. The topological polar surface area (TPSA) is 80.9 Å². The molecule has 5 aromatic carbocycles. The smallest absolute Gasteiger partial charge is 0.119 e. The molecule has 4 aliphatic carbocycles. The number of phenolic OH excluding ortho intramolecular Hbond substituents is 4. The molecule has 0 aromatic heterocycles. The van der Waals surface area contributed by atoms with Crippen molar-refractivity contribution >= 4 is 0 Å². The molecule has 4 aliphatic rings. The Morgan fingerprint density at radius 1 is 0.281 bits per heavy atom. The molecule has 0 atom stereocenters. The summed E-state index contributed by atoms with van der Waals surface area (Å²) in [5.74, 6) is 2.90. The maximum atomic E-state index is 11.7. The number of phenols is 4. The summed E-state index contributed by atoms with van der Waals surface area (Å²) in [5.41, 5.74) is 20.2. The van der Waals surface area contributed by atoms with Gasteiger partial charge in [0.15, 0.2) is 0 Å². The molecule has 4 saturated carbocycles. The van der Waals surface area contributed by atoms with Gasteiger partial charge in [0.2, 0.25) is 0 Å². The van der Waals surface area contributed by atoms with Crippen LogP contribution in [-0.4, -0.2) is 20.4 Å². The second-order valence-corrected chi connectivity index (χ2v) is 21.0. The summed E-state index contributed by atoms with van der Waals surface area (Å²) in [6.45, 7) is 13.3. The molecule has 0 bridgehead atoms. The van der Waals surface area contributed by atoms with Gasteiger partial charge in [0, 0.05) is 0 Å². The number of aryl methyl sites for hydroxylation is 4. The third-order valence-electron chi connectivity index (χ3n) is 16.8. The van der Waals surface area contributed by atoms with Crippen LogP contribution in [0.4, 0.5) is 0 Å². The van der Waals surface area contributed by atoms with Gasteiger partial charge in [0.1, 0.15) is 23.0 Å². The molecule has 4 heteroatoms. The van der Waals surface area contributed by atoms with Gasteiger partial charge in [-0.25, -0.2) is 0 Å². The van der Waals surface area contributed by atoms with Crippen molar-refractivity contribution in [2.75, 3.05) is 0 Å². The Kier molecular flexibility index (Phi) is 13.0. The van der Waals surface area contributed by atoms with Crippen molar-refractivity contribution in [2.24, 2.45) is 0 Å². The minimum Gasteiger partial charge on any atom is -0.508 e. The van der Waals surface area contributed by atoms with Crippen LogP contribution < -0.4 is 0 Å². The number of aromatic hydroxyl groups is 4. The summed E-state index contributed by atoms with van der Waals surface area (Å²) in [6, 6.07) is 17.5. The van der Waals surface area contributed by atoms with E-state index < -0.39 is 0 Å². The third kappa shape index (κ3) is 8.37. The first-order valence-corrected chi connectivity index (χ1v) is 25.4. The Morgan fingerprint density at radius 2 is 0.469 bits per heavy atom. The second-order valence-electron chi connectivity index (χ2n) is 21.0. The molecule has 9 rings (SSSR count). The van der Waals surface area contributed by atoms with Crippen LogP contribution in [0.1, 0.15) is 208 Å². The molecule has 0 amide bonds. The van der Waals surface area contributed by atoms with Gasteiger partial charge < -0.3 is 20.4 Å². The molecule has 0 aliphatic heterocycles. The Balaban J connectivity index is 1.42. The van der Waals surface area contributed by atoms with Crippen LogP contribution in [-0.2, 0) is 0 Å². The highest BCUT2D eigenvalue weighted by Crippen LogP contribution is 2.55. The molecule has 0 spiro atoms. The van der Waals surface area contributed by atoms with E-state index in [1.54, 1.807) is 0 Å². The molecule has 0 unspecified atom stereocenters. The lowest BCUT2D eigenvalue weighted by molar-refractivity contribution is 0.414. The summed E-state index contributed by atoms with van der Waals surface area (Å²) in [6.07, 6.45) is 23.2. The lowest BCUT2D eigenvalue weighted by atomic mass is 9.73. The van der Waals surface area contributed by atoms with Crippen LogP contribution in [0.3, 0.4) is 0 Å². The standard InChI is InChI=1S/C60H74O4/c1-35-27-53(61)49(41-19-11-7-12-20-41)31-45(35)57-39(5)59(47-33-51(55(63)29-37(47)3)43-23-15-9-16-24-43)60(48-34-52(56(64)30-38(48)4)44-25-17-10-18-26-44)40(6)58(57)46-32-50(54(62)28-36(46)2)42-21-13-8-14-22-42/h27-34,41-44,61-64H,7-26H2,1-6H3. The number of rotatable bonds is 8. The van der Waals surface area contributed by atoms with Gasteiger partial charge in [-0.05, 0) is 265 Å². The van der Waals surface area contributed by atoms with Crippen molar-refractivity contribution in [1.29, 1.82) is 0 Å². The van der Waals surface area contributed by atoms with E-state index in [0.717, 1.165) is 118 Å². The summed E-state index contributed by atoms with van der Waals surface area (Å²) in [5, 5.41) is 46.9. The number of hydrogen-bond donors (Lipinski definition) is 4. The fourth-order valence-electron chi connectivity index (χ4n) is 13.2. The van der Waals surface area contributed by atoms with Gasteiger partial charge in [-0.2, -0.15) is 0 Å². The third-order valence-corrected chi connectivity index (χ3v) is 16.8. The molecule has 4 N–H and O–H groups in total. The van der Waals surface area contributed by atoms with Crippen LogP contribution in [0.15, 0.2) is 48.5 Å². The highest BCUT2D eigenvalue weighted by Gasteiger charge is 2.32. The fraction of sp³-hybridized carbons (Fsp3) is 0.500. The first kappa shape index (κ1) is 44.5. The van der Waals surface area contributed by atoms with E-state index in [2.05, 4.69) is 65.8 Å². The van der Waals surface area contributed by atoms with E-state index >= 15 is 0 Å². The first-order valence-electron chi connectivity index (χ1n) is 25.4. The van der Waals surface area contributed by atoms with Crippen molar-refractivity contribution < 1.29 is 20.4 Å². The zero-order valence-electron chi connectivity index (χ0n) is 39.9. The molecule has 4 fully saturated rings. The maximum absolute atomic E-state index is 11.7. The van der Waals surface area contributed by atoms with Gasteiger partial charge in [-0.15, -0.1) is 0 Å². The van der Waals surface area contributed by atoms with E-state index in [9.17, 15) is 20.4 Å². The van der Waals surface area contributed by atoms with Crippen LogP contribution in [0.2, 0.25) is 0 Å². The van der Waals surface area contributed by atoms with E-state index in [1.807, 2.05) is 24.3 Å². The van der Waals surface area contributed by atoms with Crippen molar-refractivity contribution in [3.63, 3.8) is 0 Å². The number of benzene rings is 5. The highest BCUT2D eigenvalue weighted by molar-refractivity contribution is 6.03. The first-order chi connectivity index (χ1) is 30.9. The number of hydrogen-bond acceptors (Lipinski definition) is 4. The Hall–Kier alpha value is -4.70. The SMILES string of the molecule is Cc1cc(O)c(C2CCCCC2)cc1-c1c(C)c(-c2cc(C3CCCCC3)c(O)cc2C)c(-c2cc(C3CCCCC3)c(O)cc2C)c(C)c1-c1cc(C2CCCCC2)c(O)cc1C. The maximum Gasteiger partial charge on any atom is 0.119 e. The summed E-state index contributed by atoms with van der Waals surface area (Å²) in [7, 11) is 0. The van der Waals surface area contributed by atoms with E-state index in [-0.39, 0.29) is 0 Å². The van der Waals surface area contributed by atoms with Crippen LogP contribution in [0.5, 0.6) is 23.0 Å². The molecule has 0 heterocycles. The van der Waals surface area contributed by atoms with Crippen molar-refractivity contribution in [2.45, 2.75) is 194 Å². The Morgan fingerprint density at radius 3 is 0.656 bits per heavy atom. The van der Waals surface area contributed by atoms with Crippen LogP contribution in [0, 0.1) is 41.5 Å². The van der Waals surface area contributed by atoms with Gasteiger partial charge in [-0.1, -0.05) is 77.0 Å². The van der Waals surface area contributed by atoms with Gasteiger partial charge in [-0.3, -0.25) is 0 Å². The van der Waals surface area contributed by atoms with Gasteiger partial charge in [0.05, 0.1) is 0 Å². The summed E-state index contributed by atoms with van der Waals surface area (Å²) in [4.78, 5) is 0. The van der Waals surface area contributed by atoms with Crippen LogP contribution >= 0.6 is 0 Å². The lowest BCUT2D eigenvalue weighted by Gasteiger charge is -2.31. The zero-order chi connectivity index (χ0) is 44.8. The van der Waals surface area contributed by atoms with Crippen LogP contribution in [0.25, 0.3) is 44.5 Å². The van der Waals surface area contributed by atoms with Gasteiger partial charge >= 0.3 is 0 Å². The second kappa shape index (κ2) is 18.7.